The number of rotatable bonds is 2. The van der Waals surface area contributed by atoms with Gasteiger partial charge in [-0.3, -0.25) is 0 Å². The van der Waals surface area contributed by atoms with E-state index in [-0.39, 0.29) is 11.2 Å². The Labute approximate surface area is 144 Å². The number of nitrogens with zero attached hydrogens (tertiary/aromatic N) is 4. The molecule has 1 spiro atoms. The first-order valence-corrected chi connectivity index (χ1v) is 8.31. The Balaban J connectivity index is 1.57. The molecule has 0 bridgehead atoms. The van der Waals surface area contributed by atoms with E-state index in [9.17, 15) is 9.18 Å². The number of hydrogen-bond donors (Lipinski definition) is 1. The summed E-state index contributed by atoms with van der Waals surface area (Å²) in [5.41, 5.74) is 1.17. The Bertz CT molecular complexity index is 854. The number of amides is 1. The molecule has 0 saturated carbocycles. The normalized spacial score (nSPS) is 19.1. The van der Waals surface area contributed by atoms with Crippen LogP contribution < -0.4 is 4.90 Å². The van der Waals surface area contributed by atoms with Crippen LogP contribution >= 0.6 is 0 Å². The summed E-state index contributed by atoms with van der Waals surface area (Å²) in [6.07, 6.45) is 3.84. The number of hydrogen-bond acceptors (Lipinski definition) is 4. The van der Waals surface area contributed by atoms with Gasteiger partial charge < -0.3 is 14.9 Å². The summed E-state index contributed by atoms with van der Waals surface area (Å²) in [6.45, 7) is 6.50. The molecule has 2 aliphatic heterocycles. The SMILES string of the molecule is C=Cc1cc2c(N3CC4(CCN(C(=O)O)CC4)C3)ncnc2cc1F. The van der Waals surface area contributed by atoms with Crippen molar-refractivity contribution >= 4 is 28.9 Å². The van der Waals surface area contributed by atoms with Gasteiger partial charge in [-0.2, -0.15) is 0 Å². The molecule has 2 aliphatic rings. The van der Waals surface area contributed by atoms with E-state index in [0.29, 0.717) is 24.2 Å². The van der Waals surface area contributed by atoms with Gasteiger partial charge >= 0.3 is 6.09 Å². The molecule has 1 aromatic heterocycles. The predicted molar refractivity (Wildman–Crippen MR) is 93.1 cm³/mol. The van der Waals surface area contributed by atoms with Crippen molar-refractivity contribution in [3.63, 3.8) is 0 Å². The van der Waals surface area contributed by atoms with Crippen LogP contribution in [0.3, 0.4) is 0 Å². The van der Waals surface area contributed by atoms with E-state index in [1.54, 1.807) is 6.07 Å². The fourth-order valence-electron chi connectivity index (χ4n) is 3.89. The molecule has 1 amide bonds. The van der Waals surface area contributed by atoms with Gasteiger partial charge in [0.25, 0.3) is 0 Å². The highest BCUT2D eigenvalue weighted by Crippen LogP contribution is 2.43. The van der Waals surface area contributed by atoms with E-state index in [4.69, 9.17) is 5.11 Å². The van der Waals surface area contributed by atoms with Crippen LogP contribution in [-0.2, 0) is 0 Å². The van der Waals surface area contributed by atoms with Gasteiger partial charge in [0.15, 0.2) is 0 Å². The van der Waals surface area contributed by atoms with E-state index >= 15 is 0 Å². The van der Waals surface area contributed by atoms with Crippen LogP contribution in [0.1, 0.15) is 18.4 Å². The molecule has 2 aromatic rings. The third-order valence-electron chi connectivity index (χ3n) is 5.40. The molecule has 7 heteroatoms. The Morgan fingerprint density at radius 2 is 2.00 bits per heavy atom. The minimum atomic E-state index is -0.841. The zero-order valence-electron chi connectivity index (χ0n) is 13.8. The molecule has 2 saturated heterocycles. The number of benzene rings is 1. The lowest BCUT2D eigenvalue weighted by Crippen LogP contribution is -2.61. The first-order chi connectivity index (χ1) is 12.0. The smallest absolute Gasteiger partial charge is 0.407 e. The number of halogens is 1. The van der Waals surface area contributed by atoms with Crippen molar-refractivity contribution < 1.29 is 14.3 Å². The van der Waals surface area contributed by atoms with Gasteiger partial charge in [-0.05, 0) is 18.9 Å². The molecule has 2 fully saturated rings. The van der Waals surface area contributed by atoms with Crippen molar-refractivity contribution in [2.75, 3.05) is 31.1 Å². The molecular weight excluding hydrogens is 323 g/mol. The van der Waals surface area contributed by atoms with Crippen LogP contribution in [0, 0.1) is 11.2 Å². The summed E-state index contributed by atoms with van der Waals surface area (Å²) in [5.74, 6) is 0.465. The highest BCUT2D eigenvalue weighted by Gasteiger charge is 2.46. The number of anilines is 1. The van der Waals surface area contributed by atoms with Crippen LogP contribution in [-0.4, -0.2) is 52.2 Å². The quantitative estimate of drug-likeness (QED) is 0.908. The van der Waals surface area contributed by atoms with E-state index in [0.717, 1.165) is 37.1 Å². The topological polar surface area (TPSA) is 69.6 Å². The van der Waals surface area contributed by atoms with E-state index in [1.165, 1.54) is 23.4 Å². The van der Waals surface area contributed by atoms with Crippen LogP contribution in [0.25, 0.3) is 17.0 Å². The van der Waals surface area contributed by atoms with Crippen LogP contribution in [0.15, 0.2) is 25.0 Å². The average Bonchev–Trinajstić information content (AvgIpc) is 2.58. The third kappa shape index (κ3) is 2.59. The first kappa shape index (κ1) is 15.8. The second kappa shape index (κ2) is 5.68. The minimum Gasteiger partial charge on any atom is -0.465 e. The fourth-order valence-corrected chi connectivity index (χ4v) is 3.89. The van der Waals surface area contributed by atoms with Crippen molar-refractivity contribution in [1.29, 1.82) is 0 Å². The summed E-state index contributed by atoms with van der Waals surface area (Å²) < 4.78 is 13.9. The zero-order chi connectivity index (χ0) is 17.6. The number of piperidine rings is 1. The van der Waals surface area contributed by atoms with E-state index in [1.807, 2.05) is 0 Å². The molecule has 0 radical (unpaired) electrons. The maximum atomic E-state index is 13.9. The highest BCUT2D eigenvalue weighted by atomic mass is 19.1. The zero-order valence-corrected chi connectivity index (χ0v) is 13.8. The number of carboxylic acid groups (broad SMARTS) is 1. The second-order valence-corrected chi connectivity index (χ2v) is 6.92. The van der Waals surface area contributed by atoms with Crippen molar-refractivity contribution in [3.05, 3.63) is 36.4 Å². The minimum absolute atomic E-state index is 0.157. The fraction of sp³-hybridized carbons (Fsp3) is 0.389. The monoisotopic (exact) mass is 342 g/mol. The van der Waals surface area contributed by atoms with Gasteiger partial charge in [0.05, 0.1) is 5.52 Å². The van der Waals surface area contributed by atoms with E-state index in [2.05, 4.69) is 21.4 Å². The van der Waals surface area contributed by atoms with Crippen molar-refractivity contribution in [2.45, 2.75) is 12.8 Å². The lowest BCUT2D eigenvalue weighted by Gasteiger charge is -2.54. The molecule has 1 aromatic carbocycles. The van der Waals surface area contributed by atoms with Crippen LogP contribution in [0.5, 0.6) is 0 Å². The number of aromatic nitrogens is 2. The van der Waals surface area contributed by atoms with Gasteiger partial charge in [0, 0.05) is 48.6 Å². The molecule has 4 rings (SSSR count). The Hall–Kier alpha value is -2.70. The standard InChI is InChI=1S/C18H19FN4O2/c1-2-12-7-13-15(8-14(12)19)20-11-21-16(13)23-9-18(10-23)3-5-22(6-4-18)17(24)25/h2,7-8,11H,1,3-6,9-10H2,(H,24,25). The van der Waals surface area contributed by atoms with Crippen molar-refractivity contribution in [2.24, 2.45) is 5.41 Å². The van der Waals surface area contributed by atoms with Crippen LogP contribution in [0.4, 0.5) is 15.0 Å². The number of carbonyl (C=O) groups is 1. The highest BCUT2D eigenvalue weighted by molar-refractivity contribution is 5.91. The maximum absolute atomic E-state index is 13.9. The summed E-state index contributed by atoms with van der Waals surface area (Å²) in [7, 11) is 0. The van der Waals surface area contributed by atoms with Gasteiger partial charge in [0.2, 0.25) is 0 Å². The van der Waals surface area contributed by atoms with Crippen molar-refractivity contribution in [3.8, 4) is 0 Å². The predicted octanol–water partition coefficient (Wildman–Crippen LogP) is 2.99. The lowest BCUT2D eigenvalue weighted by atomic mass is 9.72. The lowest BCUT2D eigenvalue weighted by molar-refractivity contribution is 0.0708. The molecule has 3 heterocycles. The third-order valence-corrected chi connectivity index (χ3v) is 5.40. The summed E-state index contributed by atoms with van der Waals surface area (Å²) in [4.78, 5) is 23.3. The maximum Gasteiger partial charge on any atom is 0.407 e. The summed E-state index contributed by atoms with van der Waals surface area (Å²) >= 11 is 0. The second-order valence-electron chi connectivity index (χ2n) is 6.92. The summed E-state index contributed by atoms with van der Waals surface area (Å²) in [6, 6.07) is 3.16. The number of fused-ring (bicyclic) bond motifs is 1. The molecule has 0 atom stereocenters. The van der Waals surface area contributed by atoms with Gasteiger partial charge in [-0.25, -0.2) is 19.2 Å². The Morgan fingerprint density at radius 3 is 2.64 bits per heavy atom. The van der Waals surface area contributed by atoms with Crippen LogP contribution in [0.2, 0.25) is 0 Å². The Morgan fingerprint density at radius 1 is 1.28 bits per heavy atom. The molecule has 130 valence electrons. The van der Waals surface area contributed by atoms with E-state index < -0.39 is 6.09 Å². The number of likely N-dealkylation sites (tertiary alicyclic amines) is 1. The molecule has 0 unspecified atom stereocenters. The summed E-state index contributed by atoms with van der Waals surface area (Å²) in [5, 5.41) is 9.90. The molecule has 6 nitrogen and oxygen atoms in total. The van der Waals surface area contributed by atoms with Gasteiger partial charge in [-0.15, -0.1) is 0 Å². The Kier molecular flexibility index (Phi) is 3.59. The van der Waals surface area contributed by atoms with Gasteiger partial charge in [-0.1, -0.05) is 12.7 Å². The molecular formula is C18H19FN4O2. The molecule has 25 heavy (non-hydrogen) atoms. The molecule has 0 aliphatic carbocycles. The largest absolute Gasteiger partial charge is 0.465 e. The van der Waals surface area contributed by atoms with Crippen molar-refractivity contribution in [1.82, 2.24) is 14.9 Å². The average molecular weight is 342 g/mol. The van der Waals surface area contributed by atoms with Gasteiger partial charge in [0.1, 0.15) is 18.0 Å². The molecule has 1 N–H and O–H groups in total. The first-order valence-electron chi connectivity index (χ1n) is 8.31.